The molecule has 0 fully saturated rings. The summed E-state index contributed by atoms with van der Waals surface area (Å²) in [6.07, 6.45) is 1.89. The van der Waals surface area contributed by atoms with Gasteiger partial charge in [-0.05, 0) is 41.5 Å². The number of hydrogen-bond donors (Lipinski definition) is 2. The quantitative estimate of drug-likeness (QED) is 0.544. The Balaban J connectivity index is 1.60. The van der Waals surface area contributed by atoms with Crippen LogP contribution in [0.15, 0.2) is 47.6 Å². The number of fused-ring (bicyclic) bond motifs is 1. The maximum absolute atomic E-state index is 5.27. The Kier molecular flexibility index (Phi) is 5.50. The molecule has 0 aliphatic carbocycles. The van der Waals surface area contributed by atoms with Crippen LogP contribution in [0.25, 0.3) is 10.8 Å². The standard InChI is InChI=1S/C19H22N4OS/c1-13-10-21-18(25-13)12-23-19(20-2)22-11-14-4-5-16-9-17(24-3)7-6-15(16)8-14/h4-10H,11-12H2,1-3H3,(H2,20,22,23). The van der Waals surface area contributed by atoms with Crippen LogP contribution >= 0.6 is 11.3 Å². The summed E-state index contributed by atoms with van der Waals surface area (Å²) in [5.74, 6) is 1.64. The smallest absolute Gasteiger partial charge is 0.191 e. The summed E-state index contributed by atoms with van der Waals surface area (Å²) in [5.41, 5.74) is 1.20. The molecule has 3 rings (SSSR count). The second-order valence-electron chi connectivity index (χ2n) is 5.69. The molecule has 2 N–H and O–H groups in total. The maximum Gasteiger partial charge on any atom is 0.191 e. The molecule has 5 nitrogen and oxygen atoms in total. The number of rotatable bonds is 5. The van der Waals surface area contributed by atoms with Gasteiger partial charge in [0.15, 0.2) is 5.96 Å². The predicted molar refractivity (Wildman–Crippen MR) is 104 cm³/mol. The third-order valence-corrected chi connectivity index (χ3v) is 4.78. The second-order valence-corrected chi connectivity index (χ2v) is 7.01. The minimum Gasteiger partial charge on any atom is -0.497 e. The molecule has 0 saturated heterocycles. The van der Waals surface area contributed by atoms with Crippen molar-refractivity contribution in [1.29, 1.82) is 0 Å². The summed E-state index contributed by atoms with van der Waals surface area (Å²) in [5, 5.41) is 10.1. The van der Waals surface area contributed by atoms with E-state index in [0.29, 0.717) is 13.1 Å². The second kappa shape index (κ2) is 7.98. The number of aliphatic imine (C=N–C) groups is 1. The number of ether oxygens (including phenoxy) is 1. The number of aryl methyl sites for hydroxylation is 1. The van der Waals surface area contributed by atoms with Crippen molar-refractivity contribution in [3.05, 3.63) is 58.0 Å². The van der Waals surface area contributed by atoms with Gasteiger partial charge in [0, 0.05) is 24.7 Å². The molecular formula is C19H22N4OS. The van der Waals surface area contributed by atoms with E-state index in [1.807, 2.05) is 18.3 Å². The third kappa shape index (κ3) is 4.48. The van der Waals surface area contributed by atoms with E-state index in [4.69, 9.17) is 4.74 Å². The summed E-state index contributed by atoms with van der Waals surface area (Å²) in [6, 6.07) is 12.5. The number of nitrogens with zero attached hydrogens (tertiary/aromatic N) is 2. The van der Waals surface area contributed by atoms with Gasteiger partial charge in [-0.3, -0.25) is 4.99 Å². The Hall–Kier alpha value is -2.60. The van der Waals surface area contributed by atoms with Crippen molar-refractivity contribution < 1.29 is 4.74 Å². The van der Waals surface area contributed by atoms with Gasteiger partial charge in [0.2, 0.25) is 0 Å². The molecule has 0 aliphatic rings. The first-order valence-corrected chi connectivity index (χ1v) is 8.92. The van der Waals surface area contributed by atoms with Crippen LogP contribution in [0.3, 0.4) is 0 Å². The van der Waals surface area contributed by atoms with E-state index in [-0.39, 0.29) is 0 Å². The van der Waals surface area contributed by atoms with Crippen LogP contribution in [-0.2, 0) is 13.1 Å². The zero-order valence-electron chi connectivity index (χ0n) is 14.7. The van der Waals surface area contributed by atoms with Crippen LogP contribution < -0.4 is 15.4 Å². The number of methoxy groups -OCH3 is 1. The lowest BCUT2D eigenvalue weighted by Gasteiger charge is -2.11. The Labute approximate surface area is 151 Å². The number of benzene rings is 2. The van der Waals surface area contributed by atoms with Crippen LogP contribution in [-0.4, -0.2) is 25.1 Å². The Morgan fingerprint density at radius 2 is 1.88 bits per heavy atom. The van der Waals surface area contributed by atoms with E-state index in [1.165, 1.54) is 21.2 Å². The SMILES string of the molecule is CN=C(NCc1ccc2cc(OC)ccc2c1)NCc1ncc(C)s1. The molecule has 0 spiro atoms. The first-order chi connectivity index (χ1) is 12.2. The van der Waals surface area contributed by atoms with Gasteiger partial charge in [-0.2, -0.15) is 0 Å². The average Bonchev–Trinajstić information content (AvgIpc) is 3.06. The van der Waals surface area contributed by atoms with E-state index in [1.54, 1.807) is 25.5 Å². The van der Waals surface area contributed by atoms with E-state index in [2.05, 4.69) is 51.8 Å². The van der Waals surface area contributed by atoms with E-state index >= 15 is 0 Å². The van der Waals surface area contributed by atoms with Gasteiger partial charge in [-0.25, -0.2) is 4.98 Å². The lowest BCUT2D eigenvalue weighted by atomic mass is 10.1. The molecule has 0 amide bonds. The highest BCUT2D eigenvalue weighted by atomic mass is 32.1. The first kappa shape index (κ1) is 17.2. The van der Waals surface area contributed by atoms with Crippen molar-refractivity contribution in [2.45, 2.75) is 20.0 Å². The Bertz CT molecular complexity index is 888. The molecule has 0 radical (unpaired) electrons. The van der Waals surface area contributed by atoms with Crippen molar-refractivity contribution >= 4 is 28.1 Å². The molecule has 0 saturated carbocycles. The van der Waals surface area contributed by atoms with Crippen molar-refractivity contribution in [3.8, 4) is 5.75 Å². The van der Waals surface area contributed by atoms with Gasteiger partial charge >= 0.3 is 0 Å². The van der Waals surface area contributed by atoms with Crippen molar-refractivity contribution in [3.63, 3.8) is 0 Å². The molecule has 0 bridgehead atoms. The zero-order chi connectivity index (χ0) is 17.6. The van der Waals surface area contributed by atoms with Crippen LogP contribution in [0.2, 0.25) is 0 Å². The zero-order valence-corrected chi connectivity index (χ0v) is 15.5. The maximum atomic E-state index is 5.27. The molecular weight excluding hydrogens is 332 g/mol. The fourth-order valence-corrected chi connectivity index (χ4v) is 3.29. The fraction of sp³-hybridized carbons (Fsp3) is 0.263. The largest absolute Gasteiger partial charge is 0.497 e. The number of thiazole rings is 1. The minimum atomic E-state index is 0.676. The molecule has 0 unspecified atom stereocenters. The fourth-order valence-electron chi connectivity index (χ4n) is 2.56. The van der Waals surface area contributed by atoms with Crippen molar-refractivity contribution in [2.75, 3.05) is 14.2 Å². The molecule has 0 atom stereocenters. The van der Waals surface area contributed by atoms with Crippen molar-refractivity contribution in [1.82, 2.24) is 15.6 Å². The Morgan fingerprint density at radius 1 is 1.12 bits per heavy atom. The molecule has 3 aromatic rings. The summed E-state index contributed by atoms with van der Waals surface area (Å²) in [7, 11) is 3.46. The first-order valence-electron chi connectivity index (χ1n) is 8.10. The van der Waals surface area contributed by atoms with Gasteiger partial charge in [0.1, 0.15) is 10.8 Å². The summed E-state index contributed by atoms with van der Waals surface area (Å²) in [4.78, 5) is 9.83. The lowest BCUT2D eigenvalue weighted by Crippen LogP contribution is -2.36. The highest BCUT2D eigenvalue weighted by Gasteiger charge is 2.03. The van der Waals surface area contributed by atoms with Crippen LogP contribution in [0.4, 0.5) is 0 Å². The van der Waals surface area contributed by atoms with Gasteiger partial charge in [0.05, 0.1) is 13.7 Å². The molecule has 0 aliphatic heterocycles. The highest BCUT2D eigenvalue weighted by Crippen LogP contribution is 2.21. The van der Waals surface area contributed by atoms with E-state index in [0.717, 1.165) is 16.7 Å². The summed E-state index contributed by atoms with van der Waals surface area (Å²) < 4.78 is 5.27. The molecule has 6 heteroatoms. The number of hydrogen-bond acceptors (Lipinski definition) is 4. The molecule has 130 valence electrons. The van der Waals surface area contributed by atoms with Crippen LogP contribution in [0.1, 0.15) is 15.4 Å². The molecule has 1 aromatic heterocycles. The van der Waals surface area contributed by atoms with Gasteiger partial charge in [0.25, 0.3) is 0 Å². The summed E-state index contributed by atoms with van der Waals surface area (Å²) >= 11 is 1.69. The summed E-state index contributed by atoms with van der Waals surface area (Å²) in [6.45, 7) is 3.44. The minimum absolute atomic E-state index is 0.676. The van der Waals surface area contributed by atoms with Gasteiger partial charge < -0.3 is 15.4 Å². The molecule has 1 heterocycles. The molecule has 2 aromatic carbocycles. The van der Waals surface area contributed by atoms with Gasteiger partial charge in [-0.1, -0.05) is 18.2 Å². The highest BCUT2D eigenvalue weighted by molar-refractivity contribution is 7.11. The normalized spacial score (nSPS) is 11.6. The molecule has 25 heavy (non-hydrogen) atoms. The topological polar surface area (TPSA) is 58.5 Å². The van der Waals surface area contributed by atoms with Crippen molar-refractivity contribution in [2.24, 2.45) is 4.99 Å². The van der Waals surface area contributed by atoms with Crippen LogP contribution in [0.5, 0.6) is 5.75 Å². The Morgan fingerprint density at radius 3 is 2.60 bits per heavy atom. The average molecular weight is 354 g/mol. The number of guanidine groups is 1. The van der Waals surface area contributed by atoms with E-state index < -0.39 is 0 Å². The number of nitrogens with one attached hydrogen (secondary N) is 2. The lowest BCUT2D eigenvalue weighted by molar-refractivity contribution is 0.415. The van der Waals surface area contributed by atoms with Crippen LogP contribution in [0, 0.1) is 6.92 Å². The van der Waals surface area contributed by atoms with E-state index in [9.17, 15) is 0 Å². The third-order valence-electron chi connectivity index (χ3n) is 3.87. The van der Waals surface area contributed by atoms with Gasteiger partial charge in [-0.15, -0.1) is 11.3 Å². The monoisotopic (exact) mass is 354 g/mol. The predicted octanol–water partition coefficient (Wildman–Crippen LogP) is 3.48. The number of aromatic nitrogens is 1.